The number of piperidine rings is 1. The number of rotatable bonds is 4. The summed E-state index contributed by atoms with van der Waals surface area (Å²) in [6, 6.07) is 7.43. The van der Waals surface area contributed by atoms with Gasteiger partial charge in [-0.25, -0.2) is 0 Å². The molecule has 1 aromatic rings. The highest BCUT2D eigenvalue weighted by atomic mass is 16.3. The number of benzene rings is 1. The van der Waals surface area contributed by atoms with E-state index in [-0.39, 0.29) is 5.91 Å². The molecule has 0 aliphatic carbocycles. The van der Waals surface area contributed by atoms with Gasteiger partial charge in [0.05, 0.1) is 6.10 Å². The third-order valence-electron chi connectivity index (χ3n) is 4.56. The topological polar surface area (TPSA) is 61.4 Å². The zero-order valence-corrected chi connectivity index (χ0v) is 13.1. The van der Waals surface area contributed by atoms with Crippen LogP contribution >= 0.6 is 0 Å². The number of amides is 1. The standard InChI is InChI=1S/C17H26N2O2/c1-12(20)14-8-4-5-9-15(14)19-16(21)17(2,3)13-7-6-10-18-11-13/h4-5,8-9,12-13,18,20H,6-7,10-11H2,1-3H3,(H,19,21). The van der Waals surface area contributed by atoms with Gasteiger partial charge in [-0.2, -0.15) is 0 Å². The second kappa shape index (κ2) is 6.58. The quantitative estimate of drug-likeness (QED) is 0.799. The van der Waals surface area contributed by atoms with E-state index in [1.54, 1.807) is 6.92 Å². The summed E-state index contributed by atoms with van der Waals surface area (Å²) < 4.78 is 0. The predicted octanol–water partition coefficient (Wildman–Crippen LogP) is 2.70. The predicted molar refractivity (Wildman–Crippen MR) is 85.1 cm³/mol. The summed E-state index contributed by atoms with van der Waals surface area (Å²) in [4.78, 5) is 12.7. The maximum absolute atomic E-state index is 12.7. The van der Waals surface area contributed by atoms with Gasteiger partial charge in [0.2, 0.25) is 5.91 Å². The smallest absolute Gasteiger partial charge is 0.230 e. The van der Waals surface area contributed by atoms with Crippen molar-refractivity contribution in [2.24, 2.45) is 11.3 Å². The minimum absolute atomic E-state index is 0.0179. The molecule has 1 heterocycles. The number of anilines is 1. The molecule has 1 aliphatic rings. The van der Waals surface area contributed by atoms with Crippen molar-refractivity contribution in [1.29, 1.82) is 0 Å². The van der Waals surface area contributed by atoms with Crippen molar-refractivity contribution in [2.45, 2.75) is 39.7 Å². The summed E-state index contributed by atoms with van der Waals surface area (Å²) in [5.41, 5.74) is 1.02. The Bertz CT molecular complexity index is 491. The maximum atomic E-state index is 12.7. The molecule has 1 amide bonds. The Morgan fingerprint density at radius 2 is 2.14 bits per heavy atom. The summed E-state index contributed by atoms with van der Waals surface area (Å²) in [6.07, 6.45) is 1.60. The van der Waals surface area contributed by atoms with Gasteiger partial charge in [-0.15, -0.1) is 0 Å². The van der Waals surface area contributed by atoms with E-state index >= 15 is 0 Å². The van der Waals surface area contributed by atoms with Crippen molar-refractivity contribution in [1.82, 2.24) is 5.32 Å². The fourth-order valence-corrected chi connectivity index (χ4v) is 2.91. The van der Waals surface area contributed by atoms with Crippen LogP contribution in [0.1, 0.15) is 45.3 Å². The third-order valence-corrected chi connectivity index (χ3v) is 4.56. The van der Waals surface area contributed by atoms with Crippen LogP contribution in [0.15, 0.2) is 24.3 Å². The molecule has 0 spiro atoms. The minimum atomic E-state index is -0.596. The first kappa shape index (κ1) is 16.0. The number of nitrogens with one attached hydrogen (secondary N) is 2. The Morgan fingerprint density at radius 3 is 2.76 bits per heavy atom. The summed E-state index contributed by atoms with van der Waals surface area (Å²) in [6.45, 7) is 7.65. The lowest BCUT2D eigenvalue weighted by atomic mass is 9.74. The van der Waals surface area contributed by atoms with Crippen molar-refractivity contribution < 1.29 is 9.90 Å². The molecule has 1 aliphatic heterocycles. The Hall–Kier alpha value is -1.39. The van der Waals surface area contributed by atoms with Crippen LogP contribution < -0.4 is 10.6 Å². The number of carbonyl (C=O) groups is 1. The fourth-order valence-electron chi connectivity index (χ4n) is 2.91. The molecule has 0 saturated carbocycles. The molecule has 1 aromatic carbocycles. The van der Waals surface area contributed by atoms with Crippen LogP contribution in [0.4, 0.5) is 5.69 Å². The van der Waals surface area contributed by atoms with E-state index in [2.05, 4.69) is 10.6 Å². The molecule has 3 N–H and O–H groups in total. The summed E-state index contributed by atoms with van der Waals surface area (Å²) >= 11 is 0. The van der Waals surface area contributed by atoms with E-state index in [9.17, 15) is 9.90 Å². The molecule has 1 fully saturated rings. The van der Waals surface area contributed by atoms with Crippen LogP contribution in [0.25, 0.3) is 0 Å². The molecular formula is C17H26N2O2. The van der Waals surface area contributed by atoms with Gasteiger partial charge in [-0.05, 0) is 44.8 Å². The van der Waals surface area contributed by atoms with Gasteiger partial charge in [0, 0.05) is 16.7 Å². The molecule has 1 saturated heterocycles. The summed E-state index contributed by atoms with van der Waals surface area (Å²) in [5, 5.41) is 16.2. The Balaban J connectivity index is 2.13. The number of aliphatic hydroxyl groups is 1. The summed E-state index contributed by atoms with van der Waals surface area (Å²) in [7, 11) is 0. The maximum Gasteiger partial charge on any atom is 0.230 e. The number of hydrogen-bond acceptors (Lipinski definition) is 3. The first-order chi connectivity index (χ1) is 9.93. The van der Waals surface area contributed by atoms with Crippen molar-refractivity contribution in [3.8, 4) is 0 Å². The second-order valence-corrected chi connectivity index (χ2v) is 6.48. The zero-order chi connectivity index (χ0) is 15.5. The van der Waals surface area contributed by atoms with Crippen molar-refractivity contribution in [3.63, 3.8) is 0 Å². The van der Waals surface area contributed by atoms with Crippen LogP contribution in [0, 0.1) is 11.3 Å². The number of hydrogen-bond donors (Lipinski definition) is 3. The fraction of sp³-hybridized carbons (Fsp3) is 0.588. The van der Waals surface area contributed by atoms with Gasteiger partial charge in [-0.3, -0.25) is 4.79 Å². The number of para-hydroxylation sites is 1. The van der Waals surface area contributed by atoms with Crippen molar-refractivity contribution in [3.05, 3.63) is 29.8 Å². The third kappa shape index (κ3) is 3.63. The van der Waals surface area contributed by atoms with Gasteiger partial charge < -0.3 is 15.7 Å². The monoisotopic (exact) mass is 290 g/mol. The average Bonchev–Trinajstić information content (AvgIpc) is 2.48. The normalized spacial score (nSPS) is 20.9. The Kier molecular flexibility index (Phi) is 5.01. The van der Waals surface area contributed by atoms with E-state index in [1.807, 2.05) is 38.1 Å². The molecule has 21 heavy (non-hydrogen) atoms. The van der Waals surface area contributed by atoms with E-state index in [4.69, 9.17) is 0 Å². The van der Waals surface area contributed by atoms with E-state index < -0.39 is 11.5 Å². The SMILES string of the molecule is CC(O)c1ccccc1NC(=O)C(C)(C)C1CCCNC1. The highest BCUT2D eigenvalue weighted by Crippen LogP contribution is 2.34. The average molecular weight is 290 g/mol. The molecule has 2 atom stereocenters. The molecule has 0 bridgehead atoms. The second-order valence-electron chi connectivity index (χ2n) is 6.48. The van der Waals surface area contributed by atoms with E-state index in [0.29, 0.717) is 11.6 Å². The van der Waals surface area contributed by atoms with Crippen LogP contribution in [0.2, 0.25) is 0 Å². The molecule has 4 nitrogen and oxygen atoms in total. The van der Waals surface area contributed by atoms with Crippen molar-refractivity contribution in [2.75, 3.05) is 18.4 Å². The highest BCUT2D eigenvalue weighted by molar-refractivity contribution is 5.95. The largest absolute Gasteiger partial charge is 0.389 e. The molecule has 2 unspecified atom stereocenters. The zero-order valence-electron chi connectivity index (χ0n) is 13.1. The Labute approximate surface area is 126 Å². The number of carbonyl (C=O) groups excluding carboxylic acids is 1. The first-order valence-electron chi connectivity index (χ1n) is 7.72. The molecule has 2 rings (SSSR count). The van der Waals surface area contributed by atoms with Gasteiger partial charge in [0.25, 0.3) is 0 Å². The Morgan fingerprint density at radius 1 is 1.43 bits per heavy atom. The van der Waals surface area contributed by atoms with Crippen LogP contribution in [-0.4, -0.2) is 24.1 Å². The molecule has 4 heteroatoms. The molecule has 116 valence electrons. The van der Waals surface area contributed by atoms with Gasteiger partial charge in [-0.1, -0.05) is 32.0 Å². The lowest BCUT2D eigenvalue weighted by molar-refractivity contribution is -0.127. The highest BCUT2D eigenvalue weighted by Gasteiger charge is 2.37. The van der Waals surface area contributed by atoms with Crippen LogP contribution in [0.3, 0.4) is 0 Å². The van der Waals surface area contributed by atoms with E-state index in [1.165, 1.54) is 0 Å². The molecule has 0 aromatic heterocycles. The summed E-state index contributed by atoms with van der Waals surface area (Å²) in [5.74, 6) is 0.356. The lowest BCUT2D eigenvalue weighted by Gasteiger charge is -2.36. The van der Waals surface area contributed by atoms with Crippen LogP contribution in [0.5, 0.6) is 0 Å². The lowest BCUT2D eigenvalue weighted by Crippen LogP contribution is -2.44. The van der Waals surface area contributed by atoms with Gasteiger partial charge in [0.1, 0.15) is 0 Å². The van der Waals surface area contributed by atoms with Crippen LogP contribution in [-0.2, 0) is 4.79 Å². The number of aliphatic hydroxyl groups excluding tert-OH is 1. The molecule has 0 radical (unpaired) electrons. The minimum Gasteiger partial charge on any atom is -0.389 e. The van der Waals surface area contributed by atoms with Gasteiger partial charge >= 0.3 is 0 Å². The molecular weight excluding hydrogens is 264 g/mol. The van der Waals surface area contributed by atoms with Gasteiger partial charge in [0.15, 0.2) is 0 Å². The first-order valence-corrected chi connectivity index (χ1v) is 7.72. The van der Waals surface area contributed by atoms with E-state index in [0.717, 1.165) is 31.5 Å². The van der Waals surface area contributed by atoms with Crippen molar-refractivity contribution >= 4 is 11.6 Å².